The molecular formula is C23H21N3O4. The number of ether oxygens (including phenoxy) is 2. The zero-order chi connectivity index (χ0) is 20.8. The van der Waals surface area contributed by atoms with Gasteiger partial charge >= 0.3 is 0 Å². The zero-order valence-electron chi connectivity index (χ0n) is 16.5. The number of benzene rings is 1. The molecule has 4 aromatic rings. The maximum atomic E-state index is 9.33. The Hall–Kier alpha value is -3.71. The van der Waals surface area contributed by atoms with E-state index in [0.717, 1.165) is 16.8 Å². The van der Waals surface area contributed by atoms with Crippen LogP contribution in [0.3, 0.4) is 0 Å². The van der Waals surface area contributed by atoms with Crippen LogP contribution in [0.4, 0.5) is 0 Å². The van der Waals surface area contributed by atoms with Crippen molar-refractivity contribution in [2.24, 2.45) is 0 Å². The minimum absolute atomic E-state index is 0.123. The minimum atomic E-state index is -0.123. The van der Waals surface area contributed by atoms with Gasteiger partial charge in [-0.1, -0.05) is 18.2 Å². The van der Waals surface area contributed by atoms with Gasteiger partial charge in [-0.15, -0.1) is 0 Å². The Morgan fingerprint density at radius 2 is 1.80 bits per heavy atom. The second-order valence-electron chi connectivity index (χ2n) is 6.60. The third kappa shape index (κ3) is 4.64. The van der Waals surface area contributed by atoms with E-state index in [2.05, 4.69) is 15.0 Å². The molecule has 0 aliphatic carbocycles. The van der Waals surface area contributed by atoms with E-state index in [1.165, 1.54) is 0 Å². The number of oxazole rings is 1. The summed E-state index contributed by atoms with van der Waals surface area (Å²) < 4.78 is 17.2. The molecule has 3 heterocycles. The summed E-state index contributed by atoms with van der Waals surface area (Å²) in [6.45, 7) is 2.30. The summed E-state index contributed by atoms with van der Waals surface area (Å²) in [6.07, 6.45) is 3.31. The van der Waals surface area contributed by atoms with Gasteiger partial charge in [0, 0.05) is 35.2 Å². The van der Waals surface area contributed by atoms with E-state index in [1.807, 2.05) is 43.3 Å². The number of nitrogens with zero attached hydrogens (tertiary/aromatic N) is 3. The normalized spacial score (nSPS) is 10.7. The molecule has 0 amide bonds. The van der Waals surface area contributed by atoms with Gasteiger partial charge in [0.2, 0.25) is 17.7 Å². The summed E-state index contributed by atoms with van der Waals surface area (Å²) in [5, 5.41) is 9.33. The van der Waals surface area contributed by atoms with Gasteiger partial charge in [0.15, 0.2) is 0 Å². The molecule has 7 nitrogen and oxygen atoms in total. The number of hydrogen-bond acceptors (Lipinski definition) is 7. The van der Waals surface area contributed by atoms with Crippen LogP contribution in [0.1, 0.15) is 22.6 Å². The van der Waals surface area contributed by atoms with Gasteiger partial charge in [0.25, 0.3) is 0 Å². The van der Waals surface area contributed by atoms with E-state index in [1.54, 1.807) is 30.6 Å². The molecule has 0 aliphatic heterocycles. The highest BCUT2D eigenvalue weighted by Crippen LogP contribution is 2.22. The molecule has 0 saturated carbocycles. The lowest BCUT2D eigenvalue weighted by Gasteiger charge is -2.09. The maximum absolute atomic E-state index is 9.33. The monoisotopic (exact) mass is 403 g/mol. The number of aromatic nitrogens is 3. The van der Waals surface area contributed by atoms with Crippen molar-refractivity contribution in [3.05, 3.63) is 89.6 Å². The molecule has 7 heteroatoms. The van der Waals surface area contributed by atoms with Gasteiger partial charge in [-0.3, -0.25) is 0 Å². The Morgan fingerprint density at radius 1 is 0.933 bits per heavy atom. The van der Waals surface area contributed by atoms with Crippen LogP contribution in [0, 0.1) is 6.92 Å². The van der Waals surface area contributed by atoms with Crippen LogP contribution < -0.4 is 9.47 Å². The van der Waals surface area contributed by atoms with Crippen LogP contribution in [0.15, 0.2) is 71.4 Å². The second-order valence-corrected chi connectivity index (χ2v) is 6.60. The highest BCUT2D eigenvalue weighted by Gasteiger charge is 2.12. The number of pyridine rings is 2. The fraction of sp³-hybridized carbons (Fsp3) is 0.174. The standard InChI is InChI=1S/C23H21N3O4/c1-16-20(26-23(30-16)18-6-3-2-4-7-18)15-28-21-10-9-17(12-25-21)14-29-22-19(13-27)8-5-11-24-22/h2-12,27H,13-15H2,1H3. The molecule has 0 spiro atoms. The van der Waals surface area contributed by atoms with Crippen molar-refractivity contribution in [2.45, 2.75) is 26.7 Å². The van der Waals surface area contributed by atoms with Gasteiger partial charge < -0.3 is 19.0 Å². The molecule has 0 fully saturated rings. The minimum Gasteiger partial charge on any atom is -0.472 e. The first-order valence-electron chi connectivity index (χ1n) is 9.50. The van der Waals surface area contributed by atoms with Gasteiger partial charge in [-0.05, 0) is 37.3 Å². The van der Waals surface area contributed by atoms with Gasteiger partial charge in [-0.2, -0.15) is 0 Å². The van der Waals surface area contributed by atoms with Crippen molar-refractivity contribution >= 4 is 0 Å². The third-order valence-corrected chi connectivity index (χ3v) is 4.46. The molecular weight excluding hydrogens is 382 g/mol. The van der Waals surface area contributed by atoms with Crippen LogP contribution in [-0.4, -0.2) is 20.1 Å². The first-order chi connectivity index (χ1) is 14.7. The lowest BCUT2D eigenvalue weighted by atomic mass is 10.2. The SMILES string of the molecule is Cc1oc(-c2ccccc2)nc1COc1ccc(COc2ncccc2CO)cn1. The van der Waals surface area contributed by atoms with Gasteiger partial charge in [0.1, 0.15) is 24.7 Å². The molecule has 0 radical (unpaired) electrons. The van der Waals surface area contributed by atoms with E-state index < -0.39 is 0 Å². The van der Waals surface area contributed by atoms with E-state index in [-0.39, 0.29) is 13.2 Å². The van der Waals surface area contributed by atoms with E-state index in [9.17, 15) is 5.11 Å². The zero-order valence-corrected chi connectivity index (χ0v) is 16.5. The summed E-state index contributed by atoms with van der Waals surface area (Å²) in [6, 6.07) is 16.9. The van der Waals surface area contributed by atoms with E-state index in [0.29, 0.717) is 35.6 Å². The smallest absolute Gasteiger partial charge is 0.226 e. The molecule has 0 saturated heterocycles. The molecule has 0 bridgehead atoms. The van der Waals surface area contributed by atoms with Crippen LogP contribution >= 0.6 is 0 Å². The van der Waals surface area contributed by atoms with Crippen LogP contribution in [0.25, 0.3) is 11.5 Å². The molecule has 3 aromatic heterocycles. The summed E-state index contributed by atoms with van der Waals surface area (Å²) in [5.74, 6) is 2.19. The molecule has 152 valence electrons. The Labute approximate surface area is 174 Å². The van der Waals surface area contributed by atoms with Crippen molar-refractivity contribution in [1.82, 2.24) is 15.0 Å². The summed E-state index contributed by atoms with van der Waals surface area (Å²) in [5.41, 5.74) is 3.16. The predicted octanol–water partition coefficient (Wildman–Crippen LogP) is 4.09. The lowest BCUT2D eigenvalue weighted by Crippen LogP contribution is -2.02. The Bertz CT molecular complexity index is 1100. The highest BCUT2D eigenvalue weighted by molar-refractivity contribution is 5.53. The third-order valence-electron chi connectivity index (χ3n) is 4.46. The van der Waals surface area contributed by atoms with E-state index >= 15 is 0 Å². The van der Waals surface area contributed by atoms with E-state index in [4.69, 9.17) is 13.9 Å². The first-order valence-corrected chi connectivity index (χ1v) is 9.50. The van der Waals surface area contributed by atoms with Gasteiger partial charge in [-0.25, -0.2) is 15.0 Å². The largest absolute Gasteiger partial charge is 0.472 e. The lowest BCUT2D eigenvalue weighted by molar-refractivity contribution is 0.252. The molecule has 1 N–H and O–H groups in total. The highest BCUT2D eigenvalue weighted by atomic mass is 16.5. The average molecular weight is 403 g/mol. The number of hydrogen-bond donors (Lipinski definition) is 1. The van der Waals surface area contributed by atoms with Crippen molar-refractivity contribution in [2.75, 3.05) is 0 Å². The average Bonchev–Trinajstić information content (AvgIpc) is 3.18. The summed E-state index contributed by atoms with van der Waals surface area (Å²) >= 11 is 0. The first kappa shape index (κ1) is 19.6. The van der Waals surface area contributed by atoms with Crippen molar-refractivity contribution in [3.8, 4) is 23.2 Å². The number of rotatable bonds is 8. The summed E-state index contributed by atoms with van der Waals surface area (Å²) in [7, 11) is 0. The molecule has 30 heavy (non-hydrogen) atoms. The molecule has 4 rings (SSSR count). The Balaban J connectivity index is 1.35. The number of aryl methyl sites for hydroxylation is 1. The molecule has 1 aromatic carbocycles. The van der Waals surface area contributed by atoms with Crippen molar-refractivity contribution < 1.29 is 19.0 Å². The van der Waals surface area contributed by atoms with Gasteiger partial charge in [0.05, 0.1) is 6.61 Å². The summed E-state index contributed by atoms with van der Waals surface area (Å²) in [4.78, 5) is 13.0. The molecule has 0 unspecified atom stereocenters. The number of aliphatic hydroxyl groups is 1. The van der Waals surface area contributed by atoms with Crippen LogP contribution in [0.5, 0.6) is 11.8 Å². The van der Waals surface area contributed by atoms with Crippen molar-refractivity contribution in [3.63, 3.8) is 0 Å². The fourth-order valence-corrected chi connectivity index (χ4v) is 2.82. The predicted molar refractivity (Wildman–Crippen MR) is 110 cm³/mol. The maximum Gasteiger partial charge on any atom is 0.226 e. The van der Waals surface area contributed by atoms with Crippen LogP contribution in [-0.2, 0) is 19.8 Å². The second kappa shape index (κ2) is 9.19. The topological polar surface area (TPSA) is 90.5 Å². The quantitative estimate of drug-likeness (QED) is 0.474. The molecule has 0 atom stereocenters. The van der Waals surface area contributed by atoms with Crippen LogP contribution in [0.2, 0.25) is 0 Å². The fourth-order valence-electron chi connectivity index (χ4n) is 2.82. The number of aliphatic hydroxyl groups excluding tert-OH is 1. The molecule has 0 aliphatic rings. The van der Waals surface area contributed by atoms with Crippen molar-refractivity contribution in [1.29, 1.82) is 0 Å². The Kier molecular flexibility index (Phi) is 6.01. The Morgan fingerprint density at radius 3 is 2.57 bits per heavy atom.